The van der Waals surface area contributed by atoms with E-state index in [1.807, 2.05) is 19.1 Å². The maximum absolute atomic E-state index is 14.0. The molecule has 2 rings (SSSR count). The van der Waals surface area contributed by atoms with Gasteiger partial charge in [0.05, 0.1) is 5.69 Å². The standard InChI is InChI=1S/C15H23FN2/c1-4-5-13-10-18(12(3)9-17-13)15-8-11(2)6-7-14(15)16/h6-8,12-13,17H,4-5,9-10H2,1-3H3. The Balaban J connectivity index is 2.21. The van der Waals surface area contributed by atoms with Crippen molar-refractivity contribution in [3.63, 3.8) is 0 Å². The quantitative estimate of drug-likeness (QED) is 0.886. The van der Waals surface area contributed by atoms with Crippen LogP contribution in [-0.4, -0.2) is 25.2 Å². The lowest BCUT2D eigenvalue weighted by Crippen LogP contribution is -2.55. The molecule has 2 atom stereocenters. The summed E-state index contributed by atoms with van der Waals surface area (Å²) in [7, 11) is 0. The van der Waals surface area contributed by atoms with Crippen LogP contribution in [0.5, 0.6) is 0 Å². The van der Waals surface area contributed by atoms with E-state index in [4.69, 9.17) is 0 Å². The van der Waals surface area contributed by atoms with E-state index >= 15 is 0 Å². The number of nitrogens with zero attached hydrogens (tertiary/aromatic N) is 1. The van der Waals surface area contributed by atoms with Gasteiger partial charge in [0, 0.05) is 25.2 Å². The molecule has 2 nitrogen and oxygen atoms in total. The first kappa shape index (κ1) is 13.3. The fourth-order valence-electron chi connectivity index (χ4n) is 2.65. The summed E-state index contributed by atoms with van der Waals surface area (Å²) in [6.45, 7) is 8.18. The van der Waals surface area contributed by atoms with Gasteiger partial charge in [0.2, 0.25) is 0 Å². The highest BCUT2D eigenvalue weighted by molar-refractivity contribution is 5.51. The first-order valence-corrected chi connectivity index (χ1v) is 6.88. The van der Waals surface area contributed by atoms with Gasteiger partial charge in [0.1, 0.15) is 5.82 Å². The molecule has 1 aromatic carbocycles. The van der Waals surface area contributed by atoms with Crippen molar-refractivity contribution in [1.82, 2.24) is 5.32 Å². The lowest BCUT2D eigenvalue weighted by Gasteiger charge is -2.40. The Bertz CT molecular complexity index is 405. The molecule has 18 heavy (non-hydrogen) atoms. The number of halogens is 1. The van der Waals surface area contributed by atoms with Gasteiger partial charge in [0.15, 0.2) is 0 Å². The van der Waals surface area contributed by atoms with Crippen molar-refractivity contribution < 1.29 is 4.39 Å². The summed E-state index contributed by atoms with van der Waals surface area (Å²) < 4.78 is 14.0. The zero-order valence-corrected chi connectivity index (χ0v) is 11.5. The summed E-state index contributed by atoms with van der Waals surface area (Å²) in [5, 5.41) is 3.54. The fraction of sp³-hybridized carbons (Fsp3) is 0.600. The average Bonchev–Trinajstić information content (AvgIpc) is 2.35. The Morgan fingerprint density at radius 1 is 1.44 bits per heavy atom. The molecule has 1 saturated heterocycles. The molecule has 0 saturated carbocycles. The normalized spacial score (nSPS) is 24.3. The van der Waals surface area contributed by atoms with E-state index in [2.05, 4.69) is 24.1 Å². The van der Waals surface area contributed by atoms with Crippen LogP contribution in [0, 0.1) is 12.7 Å². The van der Waals surface area contributed by atoms with Crippen molar-refractivity contribution in [2.24, 2.45) is 0 Å². The summed E-state index contributed by atoms with van der Waals surface area (Å²) in [4.78, 5) is 2.21. The van der Waals surface area contributed by atoms with Crippen molar-refractivity contribution in [1.29, 1.82) is 0 Å². The Kier molecular flexibility index (Phi) is 4.23. The zero-order valence-electron chi connectivity index (χ0n) is 11.5. The van der Waals surface area contributed by atoms with Crippen molar-refractivity contribution in [3.8, 4) is 0 Å². The van der Waals surface area contributed by atoms with Gasteiger partial charge >= 0.3 is 0 Å². The van der Waals surface area contributed by atoms with E-state index in [-0.39, 0.29) is 5.82 Å². The molecule has 3 heteroatoms. The maximum atomic E-state index is 14.0. The smallest absolute Gasteiger partial charge is 0.146 e. The summed E-state index contributed by atoms with van der Waals surface area (Å²) in [6, 6.07) is 6.18. The lowest BCUT2D eigenvalue weighted by atomic mass is 10.0. The monoisotopic (exact) mass is 250 g/mol. The van der Waals surface area contributed by atoms with E-state index in [1.54, 1.807) is 6.07 Å². The lowest BCUT2D eigenvalue weighted by molar-refractivity contribution is 0.383. The first-order chi connectivity index (χ1) is 8.61. The molecule has 0 aliphatic carbocycles. The highest BCUT2D eigenvalue weighted by atomic mass is 19.1. The Hall–Kier alpha value is -1.09. The summed E-state index contributed by atoms with van der Waals surface area (Å²) in [5.41, 5.74) is 1.87. The van der Waals surface area contributed by atoms with Gasteiger partial charge in [0.25, 0.3) is 0 Å². The number of aryl methyl sites for hydroxylation is 1. The molecule has 1 aliphatic rings. The van der Waals surface area contributed by atoms with Gasteiger partial charge in [-0.1, -0.05) is 19.4 Å². The minimum Gasteiger partial charge on any atom is -0.364 e. The minimum atomic E-state index is -0.107. The second kappa shape index (κ2) is 5.70. The highest BCUT2D eigenvalue weighted by Gasteiger charge is 2.26. The van der Waals surface area contributed by atoms with Crippen molar-refractivity contribution in [2.75, 3.05) is 18.0 Å². The molecule has 0 amide bonds. The van der Waals surface area contributed by atoms with Crippen molar-refractivity contribution in [2.45, 2.75) is 45.7 Å². The second-order valence-corrected chi connectivity index (χ2v) is 5.35. The minimum absolute atomic E-state index is 0.107. The largest absolute Gasteiger partial charge is 0.364 e. The van der Waals surface area contributed by atoms with Crippen LogP contribution in [0.1, 0.15) is 32.3 Å². The van der Waals surface area contributed by atoms with Crippen LogP contribution in [0.25, 0.3) is 0 Å². The first-order valence-electron chi connectivity index (χ1n) is 6.88. The van der Waals surface area contributed by atoms with E-state index in [1.165, 1.54) is 0 Å². The van der Waals surface area contributed by atoms with Crippen LogP contribution in [0.15, 0.2) is 18.2 Å². The molecule has 0 radical (unpaired) electrons. The van der Waals surface area contributed by atoms with E-state index < -0.39 is 0 Å². The number of benzene rings is 1. The van der Waals surface area contributed by atoms with Gasteiger partial charge in [-0.15, -0.1) is 0 Å². The van der Waals surface area contributed by atoms with Gasteiger partial charge in [-0.3, -0.25) is 0 Å². The van der Waals surface area contributed by atoms with Crippen molar-refractivity contribution in [3.05, 3.63) is 29.6 Å². The molecule has 1 heterocycles. The van der Waals surface area contributed by atoms with Crippen LogP contribution in [0.2, 0.25) is 0 Å². The summed E-state index contributed by atoms with van der Waals surface area (Å²) in [6.07, 6.45) is 2.31. The topological polar surface area (TPSA) is 15.3 Å². The molecule has 2 unspecified atom stereocenters. The third-order valence-corrected chi connectivity index (χ3v) is 3.70. The van der Waals surface area contributed by atoms with Gasteiger partial charge in [-0.05, 0) is 38.0 Å². The maximum Gasteiger partial charge on any atom is 0.146 e. The van der Waals surface area contributed by atoms with Crippen LogP contribution in [0.3, 0.4) is 0 Å². The third-order valence-electron chi connectivity index (χ3n) is 3.70. The number of anilines is 1. The molecule has 100 valence electrons. The number of hydrogen-bond donors (Lipinski definition) is 1. The van der Waals surface area contributed by atoms with E-state index in [9.17, 15) is 4.39 Å². The average molecular weight is 250 g/mol. The fourth-order valence-corrected chi connectivity index (χ4v) is 2.65. The zero-order chi connectivity index (χ0) is 13.1. The van der Waals surface area contributed by atoms with Gasteiger partial charge in [-0.2, -0.15) is 0 Å². The predicted molar refractivity (Wildman–Crippen MR) is 74.6 cm³/mol. The highest BCUT2D eigenvalue weighted by Crippen LogP contribution is 2.25. The second-order valence-electron chi connectivity index (χ2n) is 5.35. The Labute approximate surface area is 109 Å². The molecular formula is C15H23FN2. The molecule has 1 fully saturated rings. The Morgan fingerprint density at radius 2 is 2.22 bits per heavy atom. The molecule has 0 spiro atoms. The molecular weight excluding hydrogens is 227 g/mol. The molecule has 0 bridgehead atoms. The van der Waals surface area contributed by atoms with E-state index in [0.29, 0.717) is 12.1 Å². The Morgan fingerprint density at radius 3 is 2.94 bits per heavy atom. The van der Waals surface area contributed by atoms with Crippen molar-refractivity contribution >= 4 is 5.69 Å². The van der Waals surface area contributed by atoms with Crippen LogP contribution in [-0.2, 0) is 0 Å². The molecule has 1 aromatic rings. The molecule has 1 aliphatic heterocycles. The number of nitrogens with one attached hydrogen (secondary N) is 1. The number of piperazine rings is 1. The number of rotatable bonds is 3. The van der Waals surface area contributed by atoms with Crippen LogP contribution < -0.4 is 10.2 Å². The summed E-state index contributed by atoms with van der Waals surface area (Å²) >= 11 is 0. The van der Waals surface area contributed by atoms with Gasteiger partial charge < -0.3 is 10.2 Å². The predicted octanol–water partition coefficient (Wildman–Crippen LogP) is 3.10. The van der Waals surface area contributed by atoms with E-state index in [0.717, 1.165) is 37.2 Å². The SMILES string of the molecule is CCCC1CN(c2cc(C)ccc2F)C(C)CN1. The summed E-state index contributed by atoms with van der Waals surface area (Å²) in [5.74, 6) is -0.107. The molecule has 1 N–H and O–H groups in total. The van der Waals surface area contributed by atoms with Crippen LogP contribution >= 0.6 is 0 Å². The molecule has 0 aromatic heterocycles. The van der Waals surface area contributed by atoms with Gasteiger partial charge in [-0.25, -0.2) is 4.39 Å². The number of hydrogen-bond acceptors (Lipinski definition) is 2. The van der Waals surface area contributed by atoms with Crippen LogP contribution in [0.4, 0.5) is 10.1 Å². The third kappa shape index (κ3) is 2.83.